The van der Waals surface area contributed by atoms with Crippen LogP contribution in [0, 0.1) is 0 Å². The summed E-state index contributed by atoms with van der Waals surface area (Å²) in [6.07, 6.45) is 6.33. The second-order valence-corrected chi connectivity index (χ2v) is 5.80. The molecular formula is C16H22N4O. The van der Waals surface area contributed by atoms with Gasteiger partial charge in [0.05, 0.1) is 12.3 Å². The van der Waals surface area contributed by atoms with E-state index in [-0.39, 0.29) is 0 Å². The van der Waals surface area contributed by atoms with Crippen LogP contribution in [-0.2, 0) is 4.74 Å². The summed E-state index contributed by atoms with van der Waals surface area (Å²) in [6.45, 7) is 6.02. The first-order chi connectivity index (χ1) is 10.2. The van der Waals surface area contributed by atoms with Crippen molar-refractivity contribution in [2.75, 3.05) is 18.5 Å². The Labute approximate surface area is 125 Å². The average Bonchev–Trinajstić information content (AvgIpc) is 3.16. The summed E-state index contributed by atoms with van der Waals surface area (Å²) in [5.74, 6) is 1.30. The molecule has 2 aromatic rings. The Morgan fingerprint density at radius 3 is 3.14 bits per heavy atom. The van der Waals surface area contributed by atoms with Crippen molar-refractivity contribution in [3.63, 3.8) is 0 Å². The minimum absolute atomic E-state index is 0.315. The van der Waals surface area contributed by atoms with E-state index in [9.17, 15) is 0 Å². The molecule has 5 heteroatoms. The molecule has 0 saturated carbocycles. The van der Waals surface area contributed by atoms with Gasteiger partial charge in [-0.05, 0) is 36.5 Å². The summed E-state index contributed by atoms with van der Waals surface area (Å²) in [5.41, 5.74) is 3.44. The molecule has 2 N–H and O–H groups in total. The van der Waals surface area contributed by atoms with Crippen molar-refractivity contribution in [3.05, 3.63) is 30.2 Å². The molecule has 3 heterocycles. The first-order valence-electron chi connectivity index (χ1n) is 7.59. The van der Waals surface area contributed by atoms with Crippen molar-refractivity contribution in [2.24, 2.45) is 0 Å². The van der Waals surface area contributed by atoms with E-state index in [2.05, 4.69) is 40.4 Å². The highest BCUT2D eigenvalue weighted by Gasteiger charge is 2.15. The van der Waals surface area contributed by atoms with E-state index in [4.69, 9.17) is 4.74 Å². The molecule has 1 unspecified atom stereocenters. The van der Waals surface area contributed by atoms with Crippen LogP contribution in [0.2, 0.25) is 0 Å². The van der Waals surface area contributed by atoms with Crippen molar-refractivity contribution >= 4 is 5.82 Å². The summed E-state index contributed by atoms with van der Waals surface area (Å²) in [4.78, 5) is 4.39. The minimum atomic E-state index is 0.315. The Balaban J connectivity index is 1.74. The summed E-state index contributed by atoms with van der Waals surface area (Å²) < 4.78 is 5.62. The molecule has 1 aliphatic heterocycles. The molecule has 0 aromatic carbocycles. The van der Waals surface area contributed by atoms with Gasteiger partial charge in [0.15, 0.2) is 0 Å². The van der Waals surface area contributed by atoms with Gasteiger partial charge in [0.25, 0.3) is 0 Å². The number of nitrogens with one attached hydrogen (secondary N) is 2. The maximum absolute atomic E-state index is 5.62. The van der Waals surface area contributed by atoms with Crippen LogP contribution < -0.4 is 5.32 Å². The Kier molecular flexibility index (Phi) is 4.20. The van der Waals surface area contributed by atoms with Crippen LogP contribution in [0.4, 0.5) is 5.82 Å². The number of H-pyrrole nitrogens is 1. The fraction of sp³-hybridized carbons (Fsp3) is 0.500. The van der Waals surface area contributed by atoms with Crippen LogP contribution in [0.3, 0.4) is 0 Å². The monoisotopic (exact) mass is 286 g/mol. The van der Waals surface area contributed by atoms with Gasteiger partial charge in [-0.25, -0.2) is 4.98 Å². The third-order valence-electron chi connectivity index (χ3n) is 3.85. The summed E-state index contributed by atoms with van der Waals surface area (Å²) in [7, 11) is 0. The number of hydrogen-bond donors (Lipinski definition) is 2. The molecule has 1 atom stereocenters. The van der Waals surface area contributed by atoms with Gasteiger partial charge < -0.3 is 10.1 Å². The topological polar surface area (TPSA) is 62.8 Å². The van der Waals surface area contributed by atoms with Gasteiger partial charge >= 0.3 is 0 Å². The zero-order chi connectivity index (χ0) is 14.7. The lowest BCUT2D eigenvalue weighted by atomic mass is 10.0. The average molecular weight is 286 g/mol. The normalized spacial score (nSPS) is 18.3. The van der Waals surface area contributed by atoms with Crippen molar-refractivity contribution in [3.8, 4) is 11.1 Å². The number of anilines is 1. The largest absolute Gasteiger partial charge is 0.376 e. The standard InChI is InChI=1S/C16H22N4O/c1-11(2)16-14(10-19-20-16)12-5-6-17-15(8-12)18-9-13-4-3-7-21-13/h5-6,8,10-11,13H,3-4,7,9H2,1-2H3,(H,17,18)(H,19,20). The highest BCUT2D eigenvalue weighted by molar-refractivity contribution is 5.68. The Morgan fingerprint density at radius 1 is 1.48 bits per heavy atom. The Hall–Kier alpha value is -1.88. The molecule has 0 bridgehead atoms. The summed E-state index contributed by atoms with van der Waals surface area (Å²) in [6, 6.07) is 4.10. The zero-order valence-electron chi connectivity index (χ0n) is 12.6. The van der Waals surface area contributed by atoms with E-state index in [0.717, 1.165) is 48.6 Å². The van der Waals surface area contributed by atoms with E-state index in [1.54, 1.807) is 0 Å². The molecule has 1 aliphatic rings. The minimum Gasteiger partial charge on any atom is -0.376 e. The van der Waals surface area contributed by atoms with Crippen LogP contribution in [0.25, 0.3) is 11.1 Å². The van der Waals surface area contributed by atoms with Crippen LogP contribution in [0.1, 0.15) is 38.3 Å². The third-order valence-corrected chi connectivity index (χ3v) is 3.85. The highest BCUT2D eigenvalue weighted by Crippen LogP contribution is 2.28. The second kappa shape index (κ2) is 6.26. The number of rotatable bonds is 5. The number of aromatic nitrogens is 3. The van der Waals surface area contributed by atoms with Crippen LogP contribution in [0.5, 0.6) is 0 Å². The van der Waals surface area contributed by atoms with Crippen molar-refractivity contribution in [1.29, 1.82) is 0 Å². The fourth-order valence-electron chi connectivity index (χ4n) is 2.68. The zero-order valence-corrected chi connectivity index (χ0v) is 12.6. The summed E-state index contributed by atoms with van der Waals surface area (Å²) >= 11 is 0. The lowest BCUT2D eigenvalue weighted by Gasteiger charge is -2.12. The number of aromatic amines is 1. The van der Waals surface area contributed by atoms with E-state index in [0.29, 0.717) is 12.0 Å². The summed E-state index contributed by atoms with van der Waals surface area (Å²) in [5, 5.41) is 10.6. The lowest BCUT2D eigenvalue weighted by Crippen LogP contribution is -2.18. The van der Waals surface area contributed by atoms with E-state index in [1.165, 1.54) is 0 Å². The van der Waals surface area contributed by atoms with Crippen molar-refractivity contribution in [1.82, 2.24) is 15.2 Å². The number of pyridine rings is 1. The predicted octanol–water partition coefficient (Wildman–Crippen LogP) is 3.19. The highest BCUT2D eigenvalue weighted by atomic mass is 16.5. The number of hydrogen-bond acceptors (Lipinski definition) is 4. The molecule has 0 aliphatic carbocycles. The molecule has 112 valence electrons. The quantitative estimate of drug-likeness (QED) is 0.886. The van der Waals surface area contributed by atoms with E-state index in [1.807, 2.05) is 18.5 Å². The molecule has 5 nitrogen and oxygen atoms in total. The van der Waals surface area contributed by atoms with Crippen LogP contribution in [-0.4, -0.2) is 34.4 Å². The third kappa shape index (κ3) is 3.24. The first kappa shape index (κ1) is 14.1. The molecular weight excluding hydrogens is 264 g/mol. The Morgan fingerprint density at radius 2 is 2.38 bits per heavy atom. The van der Waals surface area contributed by atoms with Crippen molar-refractivity contribution in [2.45, 2.75) is 38.7 Å². The van der Waals surface area contributed by atoms with Gasteiger partial charge in [0, 0.05) is 30.6 Å². The smallest absolute Gasteiger partial charge is 0.126 e. The molecule has 1 fully saturated rings. The van der Waals surface area contributed by atoms with Gasteiger partial charge in [0.2, 0.25) is 0 Å². The van der Waals surface area contributed by atoms with Gasteiger partial charge in [-0.1, -0.05) is 13.8 Å². The van der Waals surface area contributed by atoms with Crippen molar-refractivity contribution < 1.29 is 4.74 Å². The number of ether oxygens (including phenoxy) is 1. The Bertz CT molecular complexity index is 587. The number of nitrogens with zero attached hydrogens (tertiary/aromatic N) is 2. The fourth-order valence-corrected chi connectivity index (χ4v) is 2.68. The molecule has 21 heavy (non-hydrogen) atoms. The second-order valence-electron chi connectivity index (χ2n) is 5.80. The maximum Gasteiger partial charge on any atom is 0.126 e. The lowest BCUT2D eigenvalue weighted by molar-refractivity contribution is 0.120. The molecule has 1 saturated heterocycles. The first-order valence-corrected chi connectivity index (χ1v) is 7.59. The maximum atomic E-state index is 5.62. The molecule has 0 spiro atoms. The SMILES string of the molecule is CC(C)c1[nH]ncc1-c1ccnc(NCC2CCCO2)c1. The molecule has 0 radical (unpaired) electrons. The van der Waals surface area contributed by atoms with Crippen LogP contribution >= 0.6 is 0 Å². The van der Waals surface area contributed by atoms with Gasteiger partial charge in [-0.2, -0.15) is 5.10 Å². The van der Waals surface area contributed by atoms with Gasteiger partial charge in [-0.3, -0.25) is 5.10 Å². The van der Waals surface area contributed by atoms with E-state index < -0.39 is 0 Å². The predicted molar refractivity (Wildman–Crippen MR) is 83.4 cm³/mol. The van der Waals surface area contributed by atoms with Crippen LogP contribution in [0.15, 0.2) is 24.5 Å². The van der Waals surface area contributed by atoms with Gasteiger partial charge in [-0.15, -0.1) is 0 Å². The molecule has 0 amide bonds. The van der Waals surface area contributed by atoms with Gasteiger partial charge in [0.1, 0.15) is 5.82 Å². The molecule has 3 rings (SSSR count). The molecule has 2 aromatic heterocycles. The van der Waals surface area contributed by atoms with E-state index >= 15 is 0 Å².